The van der Waals surface area contributed by atoms with Crippen LogP contribution in [0.3, 0.4) is 0 Å². The summed E-state index contributed by atoms with van der Waals surface area (Å²) in [5.74, 6) is 0. The molecule has 0 aliphatic carbocycles. The summed E-state index contributed by atoms with van der Waals surface area (Å²) >= 11 is 5.86. The summed E-state index contributed by atoms with van der Waals surface area (Å²) in [5.41, 5.74) is 3.77. The van der Waals surface area contributed by atoms with E-state index in [0.29, 0.717) is 0 Å². The molecular weight excluding hydrogens is 268 g/mol. The maximum Gasteiger partial charge on any atom is 0.0407 e. The van der Waals surface area contributed by atoms with Crippen molar-refractivity contribution in [3.8, 4) is 0 Å². The fourth-order valence-electron chi connectivity index (χ4n) is 2.04. The zero-order valence-corrected chi connectivity index (χ0v) is 12.8. The number of hydrogen-bond donors (Lipinski definition) is 1. The van der Waals surface area contributed by atoms with Crippen LogP contribution in [0.4, 0.5) is 5.69 Å². The molecule has 2 aromatic carbocycles. The smallest absolute Gasteiger partial charge is 0.0407 e. The fourth-order valence-corrected chi connectivity index (χ4v) is 2.17. The van der Waals surface area contributed by atoms with Gasteiger partial charge in [-0.25, -0.2) is 0 Å². The third-order valence-electron chi connectivity index (χ3n) is 3.24. The largest absolute Gasteiger partial charge is 0.384 e. The van der Waals surface area contributed by atoms with Crippen LogP contribution < -0.4 is 5.32 Å². The molecule has 0 saturated carbocycles. The maximum atomic E-state index is 5.86. The van der Waals surface area contributed by atoms with Gasteiger partial charge in [0.25, 0.3) is 0 Å². The zero-order chi connectivity index (χ0) is 14.4. The molecule has 0 amide bonds. The van der Waals surface area contributed by atoms with Crippen LogP contribution in [0.5, 0.6) is 0 Å². The van der Waals surface area contributed by atoms with E-state index in [9.17, 15) is 0 Å². The number of rotatable bonds is 6. The molecule has 0 saturated heterocycles. The molecule has 0 spiro atoms. The van der Waals surface area contributed by atoms with E-state index in [1.807, 2.05) is 24.3 Å². The third kappa shape index (κ3) is 4.87. The van der Waals surface area contributed by atoms with Crippen LogP contribution in [0, 0.1) is 6.92 Å². The van der Waals surface area contributed by atoms with Crippen molar-refractivity contribution in [2.45, 2.75) is 13.5 Å². The van der Waals surface area contributed by atoms with E-state index in [4.69, 9.17) is 11.6 Å². The lowest BCUT2D eigenvalue weighted by Gasteiger charge is -2.17. The summed E-state index contributed by atoms with van der Waals surface area (Å²) in [6.45, 7) is 5.01. The Labute approximate surface area is 126 Å². The van der Waals surface area contributed by atoms with E-state index in [2.05, 4.69) is 48.5 Å². The standard InChI is InChI=1S/C17H21ClN2/c1-14-3-5-15(6-4-14)13-20(2)12-11-19-17-9-7-16(18)8-10-17/h3-10,19H,11-13H2,1-2H3. The zero-order valence-electron chi connectivity index (χ0n) is 12.1. The summed E-state index contributed by atoms with van der Waals surface area (Å²) in [6, 6.07) is 16.5. The molecule has 0 aromatic heterocycles. The molecule has 3 heteroatoms. The number of aryl methyl sites for hydroxylation is 1. The summed E-state index contributed by atoms with van der Waals surface area (Å²) in [4.78, 5) is 2.31. The van der Waals surface area contributed by atoms with Crippen molar-refractivity contribution in [1.82, 2.24) is 4.90 Å². The first-order valence-electron chi connectivity index (χ1n) is 6.87. The molecule has 2 nitrogen and oxygen atoms in total. The van der Waals surface area contributed by atoms with E-state index in [1.165, 1.54) is 11.1 Å². The van der Waals surface area contributed by atoms with E-state index >= 15 is 0 Å². The lowest BCUT2D eigenvalue weighted by Crippen LogP contribution is -2.24. The second-order valence-corrected chi connectivity index (χ2v) is 5.59. The second kappa shape index (κ2) is 7.32. The molecule has 0 bridgehead atoms. The van der Waals surface area contributed by atoms with Gasteiger partial charge in [-0.05, 0) is 43.8 Å². The van der Waals surface area contributed by atoms with Gasteiger partial charge >= 0.3 is 0 Å². The van der Waals surface area contributed by atoms with Crippen molar-refractivity contribution < 1.29 is 0 Å². The molecule has 0 unspecified atom stereocenters. The van der Waals surface area contributed by atoms with Gasteiger partial charge in [-0.3, -0.25) is 0 Å². The summed E-state index contributed by atoms with van der Waals surface area (Å²) in [7, 11) is 2.14. The Bertz CT molecular complexity index is 520. The Kier molecular flexibility index (Phi) is 5.45. The number of anilines is 1. The number of benzene rings is 2. The predicted molar refractivity (Wildman–Crippen MR) is 87.5 cm³/mol. The molecule has 0 radical (unpaired) electrons. The van der Waals surface area contributed by atoms with Gasteiger partial charge in [-0.1, -0.05) is 41.4 Å². The molecule has 0 aliphatic heterocycles. The van der Waals surface area contributed by atoms with Crippen molar-refractivity contribution in [2.24, 2.45) is 0 Å². The number of hydrogen-bond acceptors (Lipinski definition) is 2. The Hall–Kier alpha value is -1.51. The van der Waals surface area contributed by atoms with Crippen LogP contribution >= 0.6 is 11.6 Å². The van der Waals surface area contributed by atoms with E-state index in [0.717, 1.165) is 30.3 Å². The number of nitrogens with zero attached hydrogens (tertiary/aromatic N) is 1. The van der Waals surface area contributed by atoms with Crippen LogP contribution in [0.2, 0.25) is 5.02 Å². The Morgan fingerprint density at radius 1 is 1.00 bits per heavy atom. The average Bonchev–Trinajstić information content (AvgIpc) is 2.44. The van der Waals surface area contributed by atoms with Crippen LogP contribution in [0.15, 0.2) is 48.5 Å². The minimum atomic E-state index is 0.770. The third-order valence-corrected chi connectivity index (χ3v) is 3.49. The van der Waals surface area contributed by atoms with Crippen molar-refractivity contribution in [3.63, 3.8) is 0 Å². The predicted octanol–water partition coefficient (Wildman–Crippen LogP) is 4.19. The highest BCUT2D eigenvalue weighted by Gasteiger charge is 2.00. The van der Waals surface area contributed by atoms with Crippen molar-refractivity contribution in [2.75, 3.05) is 25.5 Å². The van der Waals surface area contributed by atoms with Gasteiger partial charge < -0.3 is 10.2 Å². The number of halogens is 1. The van der Waals surface area contributed by atoms with Gasteiger partial charge in [0.05, 0.1) is 0 Å². The first-order valence-corrected chi connectivity index (χ1v) is 7.25. The van der Waals surface area contributed by atoms with Crippen LogP contribution in [0.25, 0.3) is 0 Å². The highest BCUT2D eigenvalue weighted by Crippen LogP contribution is 2.13. The molecule has 2 aromatic rings. The van der Waals surface area contributed by atoms with Crippen molar-refractivity contribution >= 4 is 17.3 Å². The molecule has 20 heavy (non-hydrogen) atoms. The first kappa shape index (κ1) is 14.9. The minimum Gasteiger partial charge on any atom is -0.384 e. The molecule has 1 N–H and O–H groups in total. The SMILES string of the molecule is Cc1ccc(CN(C)CCNc2ccc(Cl)cc2)cc1. The molecule has 2 rings (SSSR count). The van der Waals surface area contributed by atoms with E-state index in [-0.39, 0.29) is 0 Å². The second-order valence-electron chi connectivity index (χ2n) is 5.16. The lowest BCUT2D eigenvalue weighted by molar-refractivity contribution is 0.340. The van der Waals surface area contributed by atoms with Crippen LogP contribution in [-0.4, -0.2) is 25.0 Å². The molecular formula is C17H21ClN2. The Morgan fingerprint density at radius 3 is 2.30 bits per heavy atom. The monoisotopic (exact) mass is 288 g/mol. The molecule has 106 valence electrons. The number of nitrogens with one attached hydrogen (secondary N) is 1. The summed E-state index contributed by atoms with van der Waals surface area (Å²) < 4.78 is 0. The van der Waals surface area contributed by atoms with Gasteiger partial charge in [0.2, 0.25) is 0 Å². The van der Waals surface area contributed by atoms with Crippen LogP contribution in [-0.2, 0) is 6.54 Å². The lowest BCUT2D eigenvalue weighted by atomic mass is 10.1. The summed E-state index contributed by atoms with van der Waals surface area (Å²) in [5, 5.41) is 4.17. The molecule has 0 aliphatic rings. The Balaban J connectivity index is 1.73. The Morgan fingerprint density at radius 2 is 1.65 bits per heavy atom. The van der Waals surface area contributed by atoms with Gasteiger partial charge in [0, 0.05) is 30.3 Å². The highest BCUT2D eigenvalue weighted by atomic mass is 35.5. The highest BCUT2D eigenvalue weighted by molar-refractivity contribution is 6.30. The van der Waals surface area contributed by atoms with Gasteiger partial charge in [0.15, 0.2) is 0 Å². The first-order chi connectivity index (χ1) is 9.63. The normalized spacial score (nSPS) is 10.8. The van der Waals surface area contributed by atoms with Gasteiger partial charge in [0.1, 0.15) is 0 Å². The molecule has 0 heterocycles. The average molecular weight is 289 g/mol. The van der Waals surface area contributed by atoms with Crippen molar-refractivity contribution in [1.29, 1.82) is 0 Å². The molecule has 0 fully saturated rings. The van der Waals surface area contributed by atoms with Crippen molar-refractivity contribution in [3.05, 3.63) is 64.7 Å². The quantitative estimate of drug-likeness (QED) is 0.857. The minimum absolute atomic E-state index is 0.770. The van der Waals surface area contributed by atoms with Crippen LogP contribution in [0.1, 0.15) is 11.1 Å². The van der Waals surface area contributed by atoms with E-state index in [1.54, 1.807) is 0 Å². The topological polar surface area (TPSA) is 15.3 Å². The van der Waals surface area contributed by atoms with Gasteiger partial charge in [-0.2, -0.15) is 0 Å². The molecule has 0 atom stereocenters. The maximum absolute atomic E-state index is 5.86. The fraction of sp³-hybridized carbons (Fsp3) is 0.294. The summed E-state index contributed by atoms with van der Waals surface area (Å²) in [6.07, 6.45) is 0. The number of likely N-dealkylation sites (N-methyl/N-ethyl adjacent to an activating group) is 1. The van der Waals surface area contributed by atoms with Gasteiger partial charge in [-0.15, -0.1) is 0 Å². The van der Waals surface area contributed by atoms with E-state index < -0.39 is 0 Å².